The third kappa shape index (κ3) is 3.95. The molecule has 3 atom stereocenters. The first-order valence-electron chi connectivity index (χ1n) is 7.20. The Morgan fingerprint density at radius 2 is 2.16 bits per heavy atom. The largest absolute Gasteiger partial charge is 0.496 e. The molecule has 0 radical (unpaired) electrons. The van der Waals surface area contributed by atoms with Crippen molar-refractivity contribution in [2.75, 3.05) is 13.7 Å². The first kappa shape index (κ1) is 14.4. The van der Waals surface area contributed by atoms with Crippen molar-refractivity contribution in [1.29, 1.82) is 0 Å². The molecule has 3 nitrogen and oxygen atoms in total. The molecule has 1 aliphatic rings. The molecule has 1 heterocycles. The second-order valence-electron chi connectivity index (χ2n) is 5.50. The lowest BCUT2D eigenvalue weighted by molar-refractivity contribution is 0.0415. The van der Waals surface area contributed by atoms with E-state index in [9.17, 15) is 0 Å². The van der Waals surface area contributed by atoms with Gasteiger partial charge in [-0.25, -0.2) is 0 Å². The van der Waals surface area contributed by atoms with Gasteiger partial charge in [0, 0.05) is 0 Å². The summed E-state index contributed by atoms with van der Waals surface area (Å²) in [7, 11) is 1.72. The Labute approximate surface area is 116 Å². The molecule has 1 aliphatic heterocycles. The fourth-order valence-corrected chi connectivity index (χ4v) is 2.88. The van der Waals surface area contributed by atoms with Gasteiger partial charge in [-0.3, -0.25) is 0 Å². The zero-order chi connectivity index (χ0) is 13.7. The van der Waals surface area contributed by atoms with Gasteiger partial charge in [0.05, 0.1) is 19.3 Å². The van der Waals surface area contributed by atoms with Crippen LogP contribution in [0.15, 0.2) is 24.3 Å². The van der Waals surface area contributed by atoms with Gasteiger partial charge in [-0.2, -0.15) is 0 Å². The molecule has 2 rings (SSSR count). The van der Waals surface area contributed by atoms with Crippen LogP contribution in [0, 0.1) is 5.92 Å². The van der Waals surface area contributed by atoms with E-state index >= 15 is 0 Å². The lowest BCUT2D eigenvalue weighted by Crippen LogP contribution is -2.23. The number of rotatable bonds is 6. The molecule has 1 aromatic rings. The van der Waals surface area contributed by atoms with Crippen molar-refractivity contribution in [3.8, 4) is 5.75 Å². The zero-order valence-electron chi connectivity index (χ0n) is 12.0. The van der Waals surface area contributed by atoms with Crippen LogP contribution < -0.4 is 10.5 Å². The summed E-state index contributed by atoms with van der Waals surface area (Å²) in [5.74, 6) is 1.42. The molecule has 1 fully saturated rings. The Hall–Kier alpha value is -1.06. The van der Waals surface area contributed by atoms with Crippen LogP contribution in [0.5, 0.6) is 5.75 Å². The molecular formula is C16H25NO2. The quantitative estimate of drug-likeness (QED) is 0.858. The summed E-state index contributed by atoms with van der Waals surface area (Å²) in [6, 6.07) is 8.19. The molecule has 0 aliphatic carbocycles. The van der Waals surface area contributed by atoms with Crippen molar-refractivity contribution in [2.24, 2.45) is 11.7 Å². The van der Waals surface area contributed by atoms with Crippen molar-refractivity contribution >= 4 is 0 Å². The van der Waals surface area contributed by atoms with Crippen LogP contribution in [0.2, 0.25) is 0 Å². The lowest BCUT2D eigenvalue weighted by Gasteiger charge is -2.20. The SMILES string of the molecule is COc1ccccc1CC(CN)CC1CCC(C)O1. The van der Waals surface area contributed by atoms with Crippen molar-refractivity contribution < 1.29 is 9.47 Å². The number of hydrogen-bond donors (Lipinski definition) is 1. The van der Waals surface area contributed by atoms with E-state index < -0.39 is 0 Å². The molecule has 0 spiro atoms. The Morgan fingerprint density at radius 3 is 2.79 bits per heavy atom. The molecule has 0 saturated carbocycles. The number of benzene rings is 1. The van der Waals surface area contributed by atoms with E-state index in [-0.39, 0.29) is 0 Å². The Bertz CT molecular complexity index is 394. The molecule has 0 aromatic heterocycles. The number of ether oxygens (including phenoxy) is 2. The van der Waals surface area contributed by atoms with Gasteiger partial charge in [-0.05, 0) is 56.7 Å². The molecule has 0 bridgehead atoms. The number of para-hydroxylation sites is 1. The maximum absolute atomic E-state index is 5.93. The number of hydrogen-bond acceptors (Lipinski definition) is 3. The first-order valence-corrected chi connectivity index (χ1v) is 7.20. The van der Waals surface area contributed by atoms with Crippen LogP contribution >= 0.6 is 0 Å². The molecular weight excluding hydrogens is 238 g/mol. The summed E-state index contributed by atoms with van der Waals surface area (Å²) in [5, 5.41) is 0. The van der Waals surface area contributed by atoms with Crippen LogP contribution in [-0.4, -0.2) is 25.9 Å². The standard InChI is InChI=1S/C16H25NO2/c1-12-7-8-15(19-12)10-13(11-17)9-14-5-3-4-6-16(14)18-2/h3-6,12-13,15H,7-11,17H2,1-2H3. The highest BCUT2D eigenvalue weighted by Crippen LogP contribution is 2.27. The molecule has 2 N–H and O–H groups in total. The fourth-order valence-electron chi connectivity index (χ4n) is 2.88. The van der Waals surface area contributed by atoms with Crippen LogP contribution in [0.1, 0.15) is 31.7 Å². The maximum Gasteiger partial charge on any atom is 0.122 e. The van der Waals surface area contributed by atoms with Gasteiger partial charge in [0.1, 0.15) is 5.75 Å². The molecule has 3 unspecified atom stereocenters. The highest BCUT2D eigenvalue weighted by Gasteiger charge is 2.25. The van der Waals surface area contributed by atoms with Gasteiger partial charge in [0.25, 0.3) is 0 Å². The highest BCUT2D eigenvalue weighted by molar-refractivity contribution is 5.33. The summed E-state index contributed by atoms with van der Waals surface area (Å²) in [5.41, 5.74) is 7.17. The lowest BCUT2D eigenvalue weighted by atomic mass is 9.92. The normalized spacial score (nSPS) is 24.4. The van der Waals surface area contributed by atoms with Crippen LogP contribution in [0.25, 0.3) is 0 Å². The first-order chi connectivity index (χ1) is 9.22. The Morgan fingerprint density at radius 1 is 1.37 bits per heavy atom. The van der Waals surface area contributed by atoms with E-state index in [0.29, 0.717) is 24.7 Å². The molecule has 1 saturated heterocycles. The van der Waals surface area contributed by atoms with Gasteiger partial charge in [-0.15, -0.1) is 0 Å². The minimum Gasteiger partial charge on any atom is -0.496 e. The van der Waals surface area contributed by atoms with E-state index in [0.717, 1.165) is 18.6 Å². The summed E-state index contributed by atoms with van der Waals surface area (Å²) in [6.45, 7) is 2.85. The molecule has 106 valence electrons. The highest BCUT2D eigenvalue weighted by atomic mass is 16.5. The van der Waals surface area contributed by atoms with E-state index in [1.165, 1.54) is 18.4 Å². The number of nitrogens with two attached hydrogens (primary N) is 1. The predicted octanol–water partition coefficient (Wildman–Crippen LogP) is 2.77. The molecule has 0 amide bonds. The van der Waals surface area contributed by atoms with E-state index in [2.05, 4.69) is 19.1 Å². The van der Waals surface area contributed by atoms with E-state index in [1.807, 2.05) is 12.1 Å². The third-order valence-electron chi connectivity index (χ3n) is 3.95. The second-order valence-corrected chi connectivity index (χ2v) is 5.50. The van der Waals surface area contributed by atoms with Crippen molar-refractivity contribution in [3.63, 3.8) is 0 Å². The summed E-state index contributed by atoms with van der Waals surface area (Å²) < 4.78 is 11.3. The van der Waals surface area contributed by atoms with E-state index in [4.69, 9.17) is 15.2 Å². The smallest absolute Gasteiger partial charge is 0.122 e. The predicted molar refractivity (Wildman–Crippen MR) is 77.4 cm³/mol. The van der Waals surface area contributed by atoms with Crippen LogP contribution in [0.3, 0.4) is 0 Å². The third-order valence-corrected chi connectivity index (χ3v) is 3.95. The second kappa shape index (κ2) is 6.92. The van der Waals surface area contributed by atoms with Gasteiger partial charge >= 0.3 is 0 Å². The van der Waals surface area contributed by atoms with Crippen LogP contribution in [0.4, 0.5) is 0 Å². The topological polar surface area (TPSA) is 44.5 Å². The van der Waals surface area contributed by atoms with Crippen LogP contribution in [-0.2, 0) is 11.2 Å². The molecule has 19 heavy (non-hydrogen) atoms. The van der Waals surface area contributed by atoms with E-state index in [1.54, 1.807) is 7.11 Å². The summed E-state index contributed by atoms with van der Waals surface area (Å²) in [6.07, 6.45) is 5.17. The molecule has 3 heteroatoms. The van der Waals surface area contributed by atoms with Gasteiger partial charge < -0.3 is 15.2 Å². The average molecular weight is 263 g/mol. The summed E-state index contributed by atoms with van der Waals surface area (Å²) >= 11 is 0. The average Bonchev–Trinajstić information content (AvgIpc) is 2.84. The van der Waals surface area contributed by atoms with Crippen molar-refractivity contribution in [1.82, 2.24) is 0 Å². The van der Waals surface area contributed by atoms with Crippen molar-refractivity contribution in [3.05, 3.63) is 29.8 Å². The van der Waals surface area contributed by atoms with Crippen molar-refractivity contribution in [2.45, 2.75) is 44.8 Å². The Balaban J connectivity index is 1.94. The van der Waals surface area contributed by atoms with Gasteiger partial charge in [-0.1, -0.05) is 18.2 Å². The minimum absolute atomic E-state index is 0.387. The Kier molecular flexibility index (Phi) is 5.23. The minimum atomic E-state index is 0.387. The summed E-state index contributed by atoms with van der Waals surface area (Å²) in [4.78, 5) is 0. The van der Waals surface area contributed by atoms with Gasteiger partial charge in [0.15, 0.2) is 0 Å². The zero-order valence-corrected chi connectivity index (χ0v) is 12.0. The fraction of sp³-hybridized carbons (Fsp3) is 0.625. The molecule has 1 aromatic carbocycles. The van der Waals surface area contributed by atoms with Gasteiger partial charge in [0.2, 0.25) is 0 Å². The number of methoxy groups -OCH3 is 1. The maximum atomic E-state index is 5.93. The monoisotopic (exact) mass is 263 g/mol.